The molecule has 0 saturated carbocycles. The highest BCUT2D eigenvalue weighted by Crippen LogP contribution is 2.12. The Morgan fingerprint density at radius 2 is 2.00 bits per heavy atom. The maximum absolute atomic E-state index is 11.8. The van der Waals surface area contributed by atoms with Crippen molar-refractivity contribution >= 4 is 11.6 Å². The van der Waals surface area contributed by atoms with E-state index >= 15 is 0 Å². The Bertz CT molecular complexity index is 724. The molecule has 0 aliphatic carbocycles. The zero-order valence-electron chi connectivity index (χ0n) is 11.6. The van der Waals surface area contributed by atoms with Crippen molar-refractivity contribution in [2.45, 2.75) is 13.0 Å². The van der Waals surface area contributed by atoms with E-state index in [1.165, 1.54) is 29.1 Å². The molecule has 0 spiro atoms. The summed E-state index contributed by atoms with van der Waals surface area (Å²) in [5.74, 6) is -0.224. The molecule has 0 atom stereocenters. The van der Waals surface area contributed by atoms with Crippen molar-refractivity contribution in [2.75, 3.05) is 6.54 Å². The average molecular weight is 302 g/mol. The topological polar surface area (TPSA) is 107 Å². The van der Waals surface area contributed by atoms with E-state index in [2.05, 4.69) is 10.4 Å². The number of hydrogen-bond acceptors (Lipinski definition) is 5. The van der Waals surface area contributed by atoms with Crippen molar-refractivity contribution in [3.63, 3.8) is 0 Å². The quantitative estimate of drug-likeness (QED) is 0.618. The molecule has 0 saturated heterocycles. The van der Waals surface area contributed by atoms with E-state index in [4.69, 9.17) is 0 Å². The van der Waals surface area contributed by atoms with Crippen LogP contribution in [0.15, 0.2) is 47.4 Å². The minimum absolute atomic E-state index is 0.0151. The van der Waals surface area contributed by atoms with Gasteiger partial charge in [-0.25, -0.2) is 4.68 Å². The van der Waals surface area contributed by atoms with Crippen molar-refractivity contribution in [1.82, 2.24) is 15.1 Å². The van der Waals surface area contributed by atoms with Crippen LogP contribution in [0.5, 0.6) is 0 Å². The number of hydrogen-bond donors (Lipinski definition) is 1. The Balaban J connectivity index is 1.82. The SMILES string of the molecule is O=C(Cc1ccc([N+](=O)[O-])cc1)NCCn1ncccc1=O. The summed E-state index contributed by atoms with van der Waals surface area (Å²) in [6, 6.07) is 8.74. The second kappa shape index (κ2) is 7.11. The number of aromatic nitrogens is 2. The summed E-state index contributed by atoms with van der Waals surface area (Å²) in [4.78, 5) is 33.2. The van der Waals surface area contributed by atoms with Gasteiger partial charge in [-0.05, 0) is 11.6 Å². The molecule has 1 aromatic heterocycles. The maximum Gasteiger partial charge on any atom is 0.269 e. The van der Waals surface area contributed by atoms with Crippen LogP contribution in [0, 0.1) is 10.1 Å². The van der Waals surface area contributed by atoms with Gasteiger partial charge in [0, 0.05) is 30.9 Å². The van der Waals surface area contributed by atoms with E-state index in [1.54, 1.807) is 18.2 Å². The molecule has 114 valence electrons. The molecule has 22 heavy (non-hydrogen) atoms. The largest absolute Gasteiger partial charge is 0.354 e. The number of rotatable bonds is 6. The van der Waals surface area contributed by atoms with Gasteiger partial charge in [-0.1, -0.05) is 12.1 Å². The Hall–Kier alpha value is -3.03. The highest BCUT2D eigenvalue weighted by molar-refractivity contribution is 5.78. The van der Waals surface area contributed by atoms with Crippen LogP contribution in [0.2, 0.25) is 0 Å². The lowest BCUT2D eigenvalue weighted by molar-refractivity contribution is -0.384. The van der Waals surface area contributed by atoms with Gasteiger partial charge in [0.25, 0.3) is 11.2 Å². The molecular weight excluding hydrogens is 288 g/mol. The Kier molecular flexibility index (Phi) is 4.97. The van der Waals surface area contributed by atoms with Crippen LogP contribution in [0.4, 0.5) is 5.69 Å². The van der Waals surface area contributed by atoms with Gasteiger partial charge >= 0.3 is 0 Å². The van der Waals surface area contributed by atoms with Crippen LogP contribution >= 0.6 is 0 Å². The summed E-state index contributed by atoms with van der Waals surface area (Å²) in [6.45, 7) is 0.564. The molecule has 8 heteroatoms. The van der Waals surface area contributed by atoms with E-state index in [-0.39, 0.29) is 36.7 Å². The minimum Gasteiger partial charge on any atom is -0.354 e. The molecule has 0 fully saturated rings. The number of amides is 1. The lowest BCUT2D eigenvalue weighted by Crippen LogP contribution is -2.32. The van der Waals surface area contributed by atoms with Crippen molar-refractivity contribution < 1.29 is 9.72 Å². The normalized spacial score (nSPS) is 10.2. The van der Waals surface area contributed by atoms with Crippen LogP contribution in [0.25, 0.3) is 0 Å². The maximum atomic E-state index is 11.8. The third kappa shape index (κ3) is 4.23. The number of nitro groups is 1. The first-order chi connectivity index (χ1) is 10.6. The molecule has 0 radical (unpaired) electrons. The first-order valence-electron chi connectivity index (χ1n) is 6.58. The zero-order valence-corrected chi connectivity index (χ0v) is 11.6. The zero-order chi connectivity index (χ0) is 15.9. The van der Waals surface area contributed by atoms with Crippen LogP contribution in [-0.2, 0) is 17.8 Å². The van der Waals surface area contributed by atoms with Crippen LogP contribution in [0.1, 0.15) is 5.56 Å². The molecule has 2 aromatic rings. The van der Waals surface area contributed by atoms with Gasteiger partial charge in [0.2, 0.25) is 5.91 Å². The van der Waals surface area contributed by atoms with E-state index in [0.29, 0.717) is 5.56 Å². The molecule has 1 N–H and O–H groups in total. The number of benzene rings is 1. The number of nitrogens with one attached hydrogen (secondary N) is 1. The van der Waals surface area contributed by atoms with E-state index < -0.39 is 4.92 Å². The van der Waals surface area contributed by atoms with Gasteiger partial charge in [0.05, 0.1) is 17.9 Å². The Labute approximate surface area is 125 Å². The predicted molar refractivity (Wildman–Crippen MR) is 78.3 cm³/mol. The monoisotopic (exact) mass is 302 g/mol. The fourth-order valence-corrected chi connectivity index (χ4v) is 1.84. The number of non-ortho nitro benzene ring substituents is 1. The summed E-state index contributed by atoms with van der Waals surface area (Å²) >= 11 is 0. The van der Waals surface area contributed by atoms with Gasteiger partial charge in [-0.2, -0.15) is 5.10 Å². The molecule has 0 aliphatic rings. The van der Waals surface area contributed by atoms with Crippen molar-refractivity contribution in [3.05, 3.63) is 68.6 Å². The molecular formula is C14H14N4O4. The predicted octanol–water partition coefficient (Wildman–Crippen LogP) is 0.510. The fraction of sp³-hybridized carbons (Fsp3) is 0.214. The molecule has 0 aliphatic heterocycles. The van der Waals surface area contributed by atoms with Crippen molar-refractivity contribution in [3.8, 4) is 0 Å². The lowest BCUT2D eigenvalue weighted by atomic mass is 10.1. The highest BCUT2D eigenvalue weighted by Gasteiger charge is 2.07. The molecule has 0 bridgehead atoms. The van der Waals surface area contributed by atoms with Gasteiger partial charge in [0.15, 0.2) is 0 Å². The minimum atomic E-state index is -0.492. The van der Waals surface area contributed by atoms with E-state index in [1.807, 2.05) is 0 Å². The van der Waals surface area contributed by atoms with E-state index in [0.717, 1.165) is 0 Å². The number of carbonyl (C=O) groups excluding carboxylic acids is 1. The average Bonchev–Trinajstić information content (AvgIpc) is 2.50. The number of carbonyl (C=O) groups is 1. The fourth-order valence-electron chi connectivity index (χ4n) is 1.84. The second-order valence-electron chi connectivity index (χ2n) is 4.54. The Morgan fingerprint density at radius 3 is 2.64 bits per heavy atom. The first-order valence-corrected chi connectivity index (χ1v) is 6.58. The summed E-state index contributed by atoms with van der Waals surface area (Å²) in [7, 11) is 0. The van der Waals surface area contributed by atoms with Crippen LogP contribution in [-0.4, -0.2) is 27.2 Å². The smallest absolute Gasteiger partial charge is 0.269 e. The molecule has 0 unspecified atom stereocenters. The molecule has 1 aromatic carbocycles. The first kappa shape index (κ1) is 15.4. The van der Waals surface area contributed by atoms with Gasteiger partial charge in [0.1, 0.15) is 0 Å². The second-order valence-corrected chi connectivity index (χ2v) is 4.54. The third-order valence-electron chi connectivity index (χ3n) is 2.94. The Morgan fingerprint density at radius 1 is 1.27 bits per heavy atom. The van der Waals surface area contributed by atoms with Gasteiger partial charge in [-0.15, -0.1) is 0 Å². The van der Waals surface area contributed by atoms with E-state index in [9.17, 15) is 19.7 Å². The molecule has 1 heterocycles. The van der Waals surface area contributed by atoms with Gasteiger partial charge < -0.3 is 5.32 Å². The summed E-state index contributed by atoms with van der Waals surface area (Å²) < 4.78 is 1.26. The van der Waals surface area contributed by atoms with Crippen LogP contribution < -0.4 is 10.9 Å². The summed E-state index contributed by atoms with van der Waals surface area (Å²) in [5, 5.41) is 17.1. The van der Waals surface area contributed by atoms with Crippen molar-refractivity contribution in [1.29, 1.82) is 0 Å². The molecule has 1 amide bonds. The van der Waals surface area contributed by atoms with Gasteiger partial charge in [-0.3, -0.25) is 19.7 Å². The highest BCUT2D eigenvalue weighted by atomic mass is 16.6. The molecule has 2 rings (SSSR count). The number of nitrogens with zero attached hydrogens (tertiary/aromatic N) is 3. The summed E-state index contributed by atoms with van der Waals surface area (Å²) in [6.07, 6.45) is 1.62. The summed E-state index contributed by atoms with van der Waals surface area (Å²) in [5.41, 5.74) is 0.434. The van der Waals surface area contributed by atoms with Crippen LogP contribution in [0.3, 0.4) is 0 Å². The standard InChI is InChI=1S/C14H14N4O4/c19-13(10-11-3-5-12(6-4-11)18(21)22)15-8-9-17-14(20)2-1-7-16-17/h1-7H,8-10H2,(H,15,19). The lowest BCUT2D eigenvalue weighted by Gasteiger charge is -2.06. The number of nitro benzene ring substituents is 1. The molecule has 8 nitrogen and oxygen atoms in total. The van der Waals surface area contributed by atoms with Crippen molar-refractivity contribution in [2.24, 2.45) is 0 Å². The third-order valence-corrected chi connectivity index (χ3v) is 2.94.